The van der Waals surface area contributed by atoms with E-state index in [1.165, 1.54) is 0 Å². The third-order valence-corrected chi connectivity index (χ3v) is 2.08. The molecule has 0 bridgehead atoms. The SMILES string of the molecule is CCCNC(C)Cc1nc(N(C)C)no1. The molecule has 1 N–H and O–H groups in total. The minimum absolute atomic E-state index is 0.375. The molecule has 0 aliphatic heterocycles. The minimum Gasteiger partial charge on any atom is -0.344 e. The summed E-state index contributed by atoms with van der Waals surface area (Å²) >= 11 is 0. The Labute approximate surface area is 90.8 Å². The van der Waals surface area contributed by atoms with Crippen LogP contribution in [0.25, 0.3) is 0 Å². The van der Waals surface area contributed by atoms with E-state index in [1.54, 1.807) is 0 Å². The molecular formula is C10H20N4O. The predicted octanol–water partition coefficient (Wildman–Crippen LogP) is 1.07. The molecule has 0 saturated heterocycles. The van der Waals surface area contributed by atoms with Crippen LogP contribution in [0.4, 0.5) is 5.95 Å². The van der Waals surface area contributed by atoms with Crippen molar-refractivity contribution in [2.24, 2.45) is 0 Å². The van der Waals surface area contributed by atoms with Gasteiger partial charge in [0.2, 0.25) is 5.89 Å². The lowest BCUT2D eigenvalue weighted by Crippen LogP contribution is -2.28. The summed E-state index contributed by atoms with van der Waals surface area (Å²) in [7, 11) is 3.79. The molecular weight excluding hydrogens is 192 g/mol. The van der Waals surface area contributed by atoms with Crippen LogP contribution < -0.4 is 10.2 Å². The summed E-state index contributed by atoms with van der Waals surface area (Å²) in [6.07, 6.45) is 1.91. The number of nitrogens with one attached hydrogen (secondary N) is 1. The summed E-state index contributed by atoms with van der Waals surface area (Å²) in [5.41, 5.74) is 0. The average molecular weight is 212 g/mol. The first-order valence-corrected chi connectivity index (χ1v) is 5.36. The van der Waals surface area contributed by atoms with Gasteiger partial charge in [0.15, 0.2) is 0 Å². The van der Waals surface area contributed by atoms with Gasteiger partial charge >= 0.3 is 0 Å². The van der Waals surface area contributed by atoms with Crippen molar-refractivity contribution in [3.05, 3.63) is 5.89 Å². The van der Waals surface area contributed by atoms with E-state index >= 15 is 0 Å². The Bertz CT molecular complexity index is 285. The zero-order chi connectivity index (χ0) is 11.3. The lowest BCUT2D eigenvalue weighted by Gasteiger charge is -2.09. The van der Waals surface area contributed by atoms with Crippen molar-refractivity contribution in [1.82, 2.24) is 15.5 Å². The van der Waals surface area contributed by atoms with E-state index in [4.69, 9.17) is 4.52 Å². The van der Waals surface area contributed by atoms with E-state index in [0.717, 1.165) is 19.4 Å². The van der Waals surface area contributed by atoms with Crippen molar-refractivity contribution in [1.29, 1.82) is 0 Å². The van der Waals surface area contributed by atoms with Crippen molar-refractivity contribution < 1.29 is 4.52 Å². The van der Waals surface area contributed by atoms with Crippen LogP contribution in [0.3, 0.4) is 0 Å². The van der Waals surface area contributed by atoms with Gasteiger partial charge in [-0.3, -0.25) is 0 Å². The standard InChI is InChI=1S/C10H20N4O/c1-5-6-11-8(2)7-9-12-10(13-15-9)14(3)4/h8,11H,5-7H2,1-4H3. The van der Waals surface area contributed by atoms with E-state index in [2.05, 4.69) is 29.3 Å². The Kier molecular flexibility index (Phi) is 4.55. The smallest absolute Gasteiger partial charge is 0.265 e. The molecule has 1 aromatic heterocycles. The fraction of sp³-hybridized carbons (Fsp3) is 0.800. The topological polar surface area (TPSA) is 54.2 Å². The molecule has 0 amide bonds. The van der Waals surface area contributed by atoms with E-state index in [0.29, 0.717) is 17.9 Å². The summed E-state index contributed by atoms with van der Waals surface area (Å²) in [4.78, 5) is 6.10. The number of rotatable bonds is 6. The molecule has 15 heavy (non-hydrogen) atoms. The third-order valence-electron chi connectivity index (χ3n) is 2.08. The van der Waals surface area contributed by atoms with E-state index in [-0.39, 0.29) is 0 Å². The molecule has 0 radical (unpaired) electrons. The second kappa shape index (κ2) is 5.70. The number of aromatic nitrogens is 2. The molecule has 1 atom stereocenters. The van der Waals surface area contributed by atoms with Gasteiger partial charge in [-0.2, -0.15) is 4.98 Å². The van der Waals surface area contributed by atoms with E-state index < -0.39 is 0 Å². The first-order chi connectivity index (χ1) is 7.13. The number of hydrogen-bond donors (Lipinski definition) is 1. The molecule has 5 nitrogen and oxygen atoms in total. The van der Waals surface area contributed by atoms with Crippen LogP contribution in [-0.4, -0.2) is 36.8 Å². The van der Waals surface area contributed by atoms with Gasteiger partial charge in [-0.25, -0.2) is 0 Å². The van der Waals surface area contributed by atoms with Crippen LogP contribution in [0, 0.1) is 0 Å². The number of anilines is 1. The molecule has 0 aliphatic carbocycles. The van der Waals surface area contributed by atoms with E-state index in [9.17, 15) is 0 Å². The minimum atomic E-state index is 0.375. The molecule has 0 spiro atoms. The zero-order valence-corrected chi connectivity index (χ0v) is 9.95. The Morgan fingerprint density at radius 3 is 2.73 bits per heavy atom. The molecule has 86 valence electrons. The van der Waals surface area contributed by atoms with Crippen molar-refractivity contribution in [3.8, 4) is 0 Å². The summed E-state index contributed by atoms with van der Waals surface area (Å²) in [5.74, 6) is 1.32. The van der Waals surface area contributed by atoms with Gasteiger partial charge in [0, 0.05) is 26.6 Å². The quantitative estimate of drug-likeness (QED) is 0.764. The highest BCUT2D eigenvalue weighted by Gasteiger charge is 2.10. The molecule has 0 saturated carbocycles. The first-order valence-electron chi connectivity index (χ1n) is 5.36. The number of nitrogens with zero attached hydrogens (tertiary/aromatic N) is 3. The van der Waals surface area contributed by atoms with Crippen molar-refractivity contribution in [2.45, 2.75) is 32.7 Å². The Morgan fingerprint density at radius 2 is 2.20 bits per heavy atom. The van der Waals surface area contributed by atoms with E-state index in [1.807, 2.05) is 19.0 Å². The lowest BCUT2D eigenvalue weighted by molar-refractivity contribution is 0.361. The maximum atomic E-state index is 5.13. The van der Waals surface area contributed by atoms with Crippen LogP contribution in [-0.2, 0) is 6.42 Å². The van der Waals surface area contributed by atoms with Gasteiger partial charge in [-0.15, -0.1) is 0 Å². The lowest BCUT2D eigenvalue weighted by atomic mass is 10.2. The predicted molar refractivity (Wildman–Crippen MR) is 60.1 cm³/mol. The van der Waals surface area contributed by atoms with Crippen LogP contribution in [0.1, 0.15) is 26.2 Å². The van der Waals surface area contributed by atoms with Crippen LogP contribution in [0.5, 0.6) is 0 Å². The molecule has 1 aromatic rings. The van der Waals surface area contributed by atoms with Gasteiger partial charge in [-0.1, -0.05) is 6.92 Å². The first kappa shape index (κ1) is 12.0. The van der Waals surface area contributed by atoms with Gasteiger partial charge < -0.3 is 14.7 Å². The molecule has 1 unspecified atom stereocenters. The Balaban J connectivity index is 2.42. The van der Waals surface area contributed by atoms with Crippen LogP contribution in [0.15, 0.2) is 4.52 Å². The molecule has 1 rings (SSSR count). The average Bonchev–Trinajstić information content (AvgIpc) is 2.63. The van der Waals surface area contributed by atoms with Crippen molar-refractivity contribution in [3.63, 3.8) is 0 Å². The molecule has 5 heteroatoms. The Hall–Kier alpha value is -1.10. The van der Waals surface area contributed by atoms with Crippen molar-refractivity contribution >= 4 is 5.95 Å². The monoisotopic (exact) mass is 212 g/mol. The van der Waals surface area contributed by atoms with Gasteiger partial charge in [0.05, 0.1) is 0 Å². The fourth-order valence-corrected chi connectivity index (χ4v) is 1.24. The molecule has 0 aromatic carbocycles. The van der Waals surface area contributed by atoms with Gasteiger partial charge in [0.25, 0.3) is 5.95 Å². The summed E-state index contributed by atoms with van der Waals surface area (Å²) in [6.45, 7) is 5.29. The summed E-state index contributed by atoms with van der Waals surface area (Å²) in [5, 5.41) is 7.24. The third kappa shape index (κ3) is 3.87. The Morgan fingerprint density at radius 1 is 1.47 bits per heavy atom. The van der Waals surface area contributed by atoms with Crippen LogP contribution in [0.2, 0.25) is 0 Å². The highest BCUT2D eigenvalue weighted by Crippen LogP contribution is 2.07. The highest BCUT2D eigenvalue weighted by atomic mass is 16.5. The second-order valence-corrected chi connectivity index (χ2v) is 3.94. The highest BCUT2D eigenvalue weighted by molar-refractivity contribution is 5.23. The van der Waals surface area contributed by atoms with Gasteiger partial charge in [0.1, 0.15) is 0 Å². The maximum Gasteiger partial charge on any atom is 0.265 e. The van der Waals surface area contributed by atoms with Crippen molar-refractivity contribution in [2.75, 3.05) is 25.5 Å². The second-order valence-electron chi connectivity index (χ2n) is 3.94. The maximum absolute atomic E-state index is 5.13. The molecule has 0 aliphatic rings. The fourth-order valence-electron chi connectivity index (χ4n) is 1.24. The van der Waals surface area contributed by atoms with Gasteiger partial charge in [-0.05, 0) is 25.0 Å². The molecule has 1 heterocycles. The molecule has 0 fully saturated rings. The zero-order valence-electron chi connectivity index (χ0n) is 9.95. The number of hydrogen-bond acceptors (Lipinski definition) is 5. The summed E-state index contributed by atoms with van der Waals surface area (Å²) < 4.78 is 5.13. The van der Waals surface area contributed by atoms with Crippen LogP contribution >= 0.6 is 0 Å². The normalized spacial score (nSPS) is 12.8. The summed E-state index contributed by atoms with van der Waals surface area (Å²) in [6, 6.07) is 0.375. The largest absolute Gasteiger partial charge is 0.344 e.